The fraction of sp³-hybridized carbons (Fsp3) is 0.364. The Labute approximate surface area is 180 Å². The molecule has 1 atom stereocenters. The SMILES string of the molecule is CCCNC(=O)[C@@H](CCC)n1c(Cc2ccccc2F)nc2cc(Cl)c(Cl)cc21. The molecule has 1 N–H and O–H groups in total. The van der Waals surface area contributed by atoms with Crippen LogP contribution in [-0.2, 0) is 11.2 Å². The first-order chi connectivity index (χ1) is 14.0. The van der Waals surface area contributed by atoms with Crippen molar-refractivity contribution in [3.05, 3.63) is 63.6 Å². The third-order valence-electron chi connectivity index (χ3n) is 4.84. The zero-order valence-corrected chi connectivity index (χ0v) is 18.0. The van der Waals surface area contributed by atoms with Gasteiger partial charge in [0.05, 0.1) is 21.1 Å². The molecule has 0 spiro atoms. The predicted molar refractivity (Wildman–Crippen MR) is 116 cm³/mol. The van der Waals surface area contributed by atoms with E-state index in [1.807, 2.05) is 18.4 Å². The molecule has 29 heavy (non-hydrogen) atoms. The van der Waals surface area contributed by atoms with Crippen LogP contribution in [0.4, 0.5) is 4.39 Å². The number of fused-ring (bicyclic) bond motifs is 1. The van der Waals surface area contributed by atoms with Gasteiger partial charge in [0.15, 0.2) is 0 Å². The lowest BCUT2D eigenvalue weighted by molar-refractivity contribution is -0.124. The summed E-state index contributed by atoms with van der Waals surface area (Å²) in [6.45, 7) is 4.63. The molecule has 0 saturated carbocycles. The first kappa shape index (κ1) is 21.6. The highest BCUT2D eigenvalue weighted by molar-refractivity contribution is 6.42. The number of hydrogen-bond donors (Lipinski definition) is 1. The number of carbonyl (C=O) groups is 1. The number of nitrogens with zero attached hydrogens (tertiary/aromatic N) is 2. The lowest BCUT2D eigenvalue weighted by Gasteiger charge is -2.21. The Morgan fingerprint density at radius 2 is 1.90 bits per heavy atom. The van der Waals surface area contributed by atoms with Gasteiger partial charge in [-0.25, -0.2) is 9.37 Å². The molecule has 7 heteroatoms. The molecule has 2 aromatic carbocycles. The molecule has 0 fully saturated rings. The van der Waals surface area contributed by atoms with Crippen LogP contribution in [0.5, 0.6) is 0 Å². The second kappa shape index (κ2) is 9.59. The summed E-state index contributed by atoms with van der Waals surface area (Å²) in [5.41, 5.74) is 1.87. The normalized spacial score (nSPS) is 12.3. The molecule has 1 aromatic heterocycles. The average Bonchev–Trinajstić information content (AvgIpc) is 3.02. The molecular formula is C22H24Cl2FN3O. The highest BCUT2D eigenvalue weighted by Gasteiger charge is 2.26. The Bertz CT molecular complexity index is 1020. The molecule has 1 heterocycles. The second-order valence-electron chi connectivity index (χ2n) is 7.02. The number of carbonyl (C=O) groups excluding carboxylic acids is 1. The molecule has 3 rings (SSSR count). The van der Waals surface area contributed by atoms with Crippen molar-refractivity contribution in [2.45, 2.75) is 45.6 Å². The summed E-state index contributed by atoms with van der Waals surface area (Å²) in [4.78, 5) is 17.7. The van der Waals surface area contributed by atoms with Crippen molar-refractivity contribution < 1.29 is 9.18 Å². The maximum atomic E-state index is 14.3. The summed E-state index contributed by atoms with van der Waals surface area (Å²) in [5.74, 6) is 0.229. The van der Waals surface area contributed by atoms with Crippen molar-refractivity contribution in [1.29, 1.82) is 0 Å². The van der Waals surface area contributed by atoms with Gasteiger partial charge in [-0.15, -0.1) is 0 Å². The van der Waals surface area contributed by atoms with E-state index in [-0.39, 0.29) is 18.1 Å². The Balaban J connectivity index is 2.16. The van der Waals surface area contributed by atoms with Gasteiger partial charge in [-0.2, -0.15) is 0 Å². The molecule has 1 amide bonds. The van der Waals surface area contributed by atoms with Crippen LogP contribution >= 0.6 is 23.2 Å². The number of benzene rings is 2. The first-order valence-corrected chi connectivity index (χ1v) is 10.6. The van der Waals surface area contributed by atoms with Gasteiger partial charge in [0.25, 0.3) is 0 Å². The van der Waals surface area contributed by atoms with Gasteiger partial charge in [-0.1, -0.05) is 61.7 Å². The van der Waals surface area contributed by atoms with Crippen LogP contribution in [0.2, 0.25) is 10.0 Å². The zero-order chi connectivity index (χ0) is 21.0. The van der Waals surface area contributed by atoms with Crippen molar-refractivity contribution in [1.82, 2.24) is 14.9 Å². The minimum Gasteiger partial charge on any atom is -0.354 e. The number of hydrogen-bond acceptors (Lipinski definition) is 2. The van der Waals surface area contributed by atoms with E-state index in [9.17, 15) is 9.18 Å². The monoisotopic (exact) mass is 435 g/mol. The van der Waals surface area contributed by atoms with Crippen LogP contribution in [0, 0.1) is 5.82 Å². The van der Waals surface area contributed by atoms with Crippen LogP contribution in [0.1, 0.15) is 50.5 Å². The number of rotatable bonds is 8. The van der Waals surface area contributed by atoms with E-state index in [2.05, 4.69) is 5.32 Å². The van der Waals surface area contributed by atoms with Gasteiger partial charge in [0.1, 0.15) is 17.7 Å². The zero-order valence-electron chi connectivity index (χ0n) is 16.5. The lowest BCUT2D eigenvalue weighted by Crippen LogP contribution is -2.33. The minimum absolute atomic E-state index is 0.0751. The summed E-state index contributed by atoms with van der Waals surface area (Å²) in [6, 6.07) is 9.55. The standard InChI is InChI=1S/C22H24Cl2FN3O/c1-3-7-19(22(29)26-10-4-2)28-20-13-16(24)15(23)12-18(20)27-21(28)11-14-8-5-6-9-17(14)25/h5-6,8-9,12-13,19H,3-4,7,10-11H2,1-2H3,(H,26,29)/t19-/m1/s1. The van der Waals surface area contributed by atoms with Crippen LogP contribution < -0.4 is 5.32 Å². The van der Waals surface area contributed by atoms with Gasteiger partial charge in [-0.05, 0) is 36.6 Å². The molecule has 0 aliphatic rings. The Kier molecular flexibility index (Phi) is 7.14. The quantitative estimate of drug-likeness (QED) is 0.475. The van der Waals surface area contributed by atoms with E-state index >= 15 is 0 Å². The average molecular weight is 436 g/mol. The molecule has 0 aliphatic heterocycles. The van der Waals surface area contributed by atoms with Crippen LogP contribution in [0.25, 0.3) is 11.0 Å². The molecule has 0 unspecified atom stereocenters. The van der Waals surface area contributed by atoms with Gasteiger partial charge in [0, 0.05) is 13.0 Å². The number of nitrogens with one attached hydrogen (secondary N) is 1. The van der Waals surface area contributed by atoms with Crippen molar-refractivity contribution in [2.24, 2.45) is 0 Å². The van der Waals surface area contributed by atoms with Crippen molar-refractivity contribution in [2.75, 3.05) is 6.54 Å². The molecule has 3 aromatic rings. The molecule has 0 bridgehead atoms. The lowest BCUT2D eigenvalue weighted by atomic mass is 10.1. The fourth-order valence-corrected chi connectivity index (χ4v) is 3.76. The van der Waals surface area contributed by atoms with E-state index < -0.39 is 6.04 Å². The largest absolute Gasteiger partial charge is 0.354 e. The third kappa shape index (κ3) is 4.73. The van der Waals surface area contributed by atoms with Crippen molar-refractivity contribution in [3.63, 3.8) is 0 Å². The summed E-state index contributed by atoms with van der Waals surface area (Å²) >= 11 is 12.5. The molecule has 4 nitrogen and oxygen atoms in total. The summed E-state index contributed by atoms with van der Waals surface area (Å²) in [6.07, 6.45) is 2.55. The highest BCUT2D eigenvalue weighted by Crippen LogP contribution is 2.32. The van der Waals surface area contributed by atoms with E-state index in [0.717, 1.165) is 18.4 Å². The van der Waals surface area contributed by atoms with E-state index in [4.69, 9.17) is 28.2 Å². The predicted octanol–water partition coefficient (Wildman–Crippen LogP) is 5.94. The van der Waals surface area contributed by atoms with E-state index in [1.54, 1.807) is 30.3 Å². The van der Waals surface area contributed by atoms with Gasteiger partial charge in [-0.3, -0.25) is 4.79 Å². The van der Waals surface area contributed by atoms with Gasteiger partial charge in [0.2, 0.25) is 5.91 Å². The second-order valence-corrected chi connectivity index (χ2v) is 7.83. The molecule has 0 saturated heterocycles. The smallest absolute Gasteiger partial charge is 0.243 e. The number of aromatic nitrogens is 2. The topological polar surface area (TPSA) is 46.9 Å². The van der Waals surface area contributed by atoms with E-state index in [1.165, 1.54) is 6.07 Å². The molecule has 154 valence electrons. The summed E-state index contributed by atoms with van der Waals surface area (Å²) in [7, 11) is 0. The van der Waals surface area contributed by atoms with Crippen LogP contribution in [0.15, 0.2) is 36.4 Å². The van der Waals surface area contributed by atoms with Crippen molar-refractivity contribution >= 4 is 40.1 Å². The summed E-state index contributed by atoms with van der Waals surface area (Å²) < 4.78 is 16.2. The minimum atomic E-state index is -0.462. The van der Waals surface area contributed by atoms with Crippen molar-refractivity contribution in [3.8, 4) is 0 Å². The Morgan fingerprint density at radius 1 is 1.17 bits per heavy atom. The van der Waals surface area contributed by atoms with Gasteiger partial charge < -0.3 is 9.88 Å². The van der Waals surface area contributed by atoms with Crippen LogP contribution in [-0.4, -0.2) is 22.0 Å². The maximum Gasteiger partial charge on any atom is 0.243 e. The highest BCUT2D eigenvalue weighted by atomic mass is 35.5. The molecule has 0 radical (unpaired) electrons. The van der Waals surface area contributed by atoms with E-state index in [0.29, 0.717) is 39.9 Å². The first-order valence-electron chi connectivity index (χ1n) is 9.83. The number of amides is 1. The summed E-state index contributed by atoms with van der Waals surface area (Å²) in [5, 5.41) is 3.76. The number of imidazole rings is 1. The molecule has 0 aliphatic carbocycles. The Hall–Kier alpha value is -2.11. The third-order valence-corrected chi connectivity index (χ3v) is 5.56. The Morgan fingerprint density at radius 3 is 2.59 bits per heavy atom. The van der Waals surface area contributed by atoms with Gasteiger partial charge >= 0.3 is 0 Å². The van der Waals surface area contributed by atoms with Crippen LogP contribution in [0.3, 0.4) is 0 Å². The molecular weight excluding hydrogens is 412 g/mol. The maximum absolute atomic E-state index is 14.3. The number of halogens is 3. The fourth-order valence-electron chi connectivity index (χ4n) is 3.44.